The molecule has 1 saturated carbocycles. The minimum atomic E-state index is -1.49. The molecule has 0 N–H and O–H groups in total. The minimum absolute atomic E-state index is 0.654. The number of rotatable bonds is 6. The van der Waals surface area contributed by atoms with Crippen molar-refractivity contribution in [3.05, 3.63) is 54.9 Å². The summed E-state index contributed by atoms with van der Waals surface area (Å²) in [6.07, 6.45) is 9.87. The smallest absolute Gasteiger partial charge is 0.136 e. The van der Waals surface area contributed by atoms with Gasteiger partial charge in [-0.05, 0) is 38.5 Å². The average Bonchev–Trinajstić information content (AvgIpc) is 3.14. The Morgan fingerprint density at radius 2 is 1.30 bits per heavy atom. The minimum Gasteiger partial charge on any atom is -0.492 e. The molecule has 0 aromatic heterocycles. The van der Waals surface area contributed by atoms with Gasteiger partial charge in [0.05, 0.1) is 30.3 Å². The molecule has 2 rings (SSSR count). The van der Waals surface area contributed by atoms with Gasteiger partial charge in [0, 0.05) is 12.1 Å². The second kappa shape index (κ2) is 10.5. The standard InChI is InChI=1S/C24H29O2Si/c1-6-15-25-23-19-22(14-17-27(3,4)5)24(26-16-7-2)18-21(23)13-12-20-10-8-9-11-20/h8-11,18-19H,6-7,15-16H2,1-5H3. The Bertz CT molecular complexity index is 732. The fourth-order valence-electron chi connectivity index (χ4n) is 2.27. The second-order valence-corrected chi connectivity index (χ2v) is 12.2. The van der Waals surface area contributed by atoms with Crippen LogP contribution in [-0.2, 0) is 0 Å². The van der Waals surface area contributed by atoms with Crippen LogP contribution in [0.25, 0.3) is 0 Å². The summed E-state index contributed by atoms with van der Waals surface area (Å²) in [5.74, 6) is 12.3. The summed E-state index contributed by atoms with van der Waals surface area (Å²) in [6, 6.07) is 3.97. The highest BCUT2D eigenvalue weighted by atomic mass is 28.3. The third kappa shape index (κ3) is 7.35. The van der Waals surface area contributed by atoms with E-state index in [0.717, 1.165) is 41.4 Å². The summed E-state index contributed by atoms with van der Waals surface area (Å²) in [5.41, 5.74) is 5.16. The molecule has 1 aliphatic carbocycles. The Balaban J connectivity index is 2.43. The number of hydrogen-bond acceptors (Lipinski definition) is 2. The van der Waals surface area contributed by atoms with Crippen LogP contribution in [0.1, 0.15) is 37.8 Å². The summed E-state index contributed by atoms with van der Waals surface area (Å²) in [6.45, 7) is 12.2. The summed E-state index contributed by atoms with van der Waals surface area (Å²) in [4.78, 5) is 0. The molecule has 141 valence electrons. The van der Waals surface area contributed by atoms with E-state index in [1.54, 1.807) is 0 Å². The van der Waals surface area contributed by atoms with Crippen LogP contribution < -0.4 is 9.47 Å². The van der Waals surface area contributed by atoms with E-state index >= 15 is 0 Å². The third-order valence-electron chi connectivity index (χ3n) is 3.58. The van der Waals surface area contributed by atoms with Crippen molar-refractivity contribution in [1.82, 2.24) is 0 Å². The molecule has 0 unspecified atom stereocenters. The molecule has 2 nitrogen and oxygen atoms in total. The lowest BCUT2D eigenvalue weighted by Gasteiger charge is -2.13. The van der Waals surface area contributed by atoms with Crippen LogP contribution in [0.4, 0.5) is 0 Å². The van der Waals surface area contributed by atoms with Crippen molar-refractivity contribution in [1.29, 1.82) is 0 Å². The predicted octanol–water partition coefficient (Wildman–Crippen LogP) is 5.25. The van der Waals surface area contributed by atoms with Crippen molar-refractivity contribution >= 4 is 8.07 Å². The molecule has 0 saturated heterocycles. The summed E-state index contributed by atoms with van der Waals surface area (Å²) < 4.78 is 12.0. The highest BCUT2D eigenvalue weighted by Gasteiger charge is 2.15. The zero-order chi connectivity index (χ0) is 19.7. The molecule has 0 spiro atoms. The molecule has 3 heteroatoms. The van der Waals surface area contributed by atoms with Gasteiger partial charge in [-0.2, -0.15) is 0 Å². The Labute approximate surface area is 167 Å². The molecule has 0 atom stereocenters. The van der Waals surface area contributed by atoms with Crippen molar-refractivity contribution in [2.45, 2.75) is 46.3 Å². The molecule has 0 aliphatic heterocycles. The van der Waals surface area contributed by atoms with Crippen molar-refractivity contribution < 1.29 is 9.47 Å². The maximum Gasteiger partial charge on any atom is 0.136 e. The first-order valence-electron chi connectivity index (χ1n) is 9.63. The molecule has 0 heterocycles. The van der Waals surface area contributed by atoms with Gasteiger partial charge in [-0.3, -0.25) is 0 Å². The Morgan fingerprint density at radius 1 is 0.778 bits per heavy atom. The molecular weight excluding hydrogens is 348 g/mol. The largest absolute Gasteiger partial charge is 0.492 e. The lowest BCUT2D eigenvalue weighted by atomic mass is 10.1. The van der Waals surface area contributed by atoms with E-state index in [0.29, 0.717) is 13.2 Å². The first kappa shape index (κ1) is 21.5. The van der Waals surface area contributed by atoms with Crippen LogP contribution in [0.5, 0.6) is 11.5 Å². The highest BCUT2D eigenvalue weighted by molar-refractivity contribution is 6.83. The van der Waals surface area contributed by atoms with Crippen LogP contribution in [-0.4, -0.2) is 21.3 Å². The van der Waals surface area contributed by atoms with Crippen molar-refractivity contribution in [3.8, 4) is 34.8 Å². The summed E-state index contributed by atoms with van der Waals surface area (Å²) >= 11 is 0. The fourth-order valence-corrected chi connectivity index (χ4v) is 2.78. The van der Waals surface area contributed by atoms with Gasteiger partial charge in [0.1, 0.15) is 19.6 Å². The zero-order valence-electron chi connectivity index (χ0n) is 17.1. The van der Waals surface area contributed by atoms with Gasteiger partial charge < -0.3 is 9.47 Å². The van der Waals surface area contributed by atoms with Crippen LogP contribution in [0, 0.1) is 54.9 Å². The first-order valence-corrected chi connectivity index (χ1v) is 13.1. The topological polar surface area (TPSA) is 18.5 Å². The van der Waals surface area contributed by atoms with E-state index in [1.807, 2.05) is 37.8 Å². The number of hydrogen-bond donors (Lipinski definition) is 0. The van der Waals surface area contributed by atoms with E-state index in [9.17, 15) is 0 Å². The van der Waals surface area contributed by atoms with Crippen LogP contribution in [0.3, 0.4) is 0 Å². The van der Waals surface area contributed by atoms with E-state index in [-0.39, 0.29) is 0 Å². The average molecular weight is 378 g/mol. The quantitative estimate of drug-likeness (QED) is 0.498. The van der Waals surface area contributed by atoms with Crippen molar-refractivity contribution in [3.63, 3.8) is 0 Å². The van der Waals surface area contributed by atoms with Gasteiger partial charge >= 0.3 is 0 Å². The lowest BCUT2D eigenvalue weighted by Crippen LogP contribution is -2.16. The van der Waals surface area contributed by atoms with Crippen molar-refractivity contribution in [2.75, 3.05) is 13.2 Å². The molecule has 1 fully saturated rings. The molecule has 1 aromatic carbocycles. The van der Waals surface area contributed by atoms with Gasteiger partial charge in [0.25, 0.3) is 0 Å². The third-order valence-corrected chi connectivity index (χ3v) is 4.46. The summed E-state index contributed by atoms with van der Waals surface area (Å²) in [5, 5.41) is 0. The van der Waals surface area contributed by atoms with Crippen LogP contribution in [0.2, 0.25) is 19.6 Å². The van der Waals surface area contributed by atoms with Gasteiger partial charge in [-0.25, -0.2) is 0 Å². The molecule has 5 radical (unpaired) electrons. The van der Waals surface area contributed by atoms with E-state index < -0.39 is 8.07 Å². The molecular formula is C24H29O2Si. The molecule has 27 heavy (non-hydrogen) atoms. The van der Waals surface area contributed by atoms with Gasteiger partial charge in [-0.1, -0.05) is 51.2 Å². The normalized spacial score (nSPS) is 14.1. The highest BCUT2D eigenvalue weighted by Crippen LogP contribution is 2.30. The summed E-state index contributed by atoms with van der Waals surface area (Å²) in [7, 11) is -1.49. The number of ether oxygens (including phenoxy) is 2. The second-order valence-electron chi connectivity index (χ2n) is 7.47. The number of benzene rings is 1. The zero-order valence-corrected chi connectivity index (χ0v) is 18.1. The maximum atomic E-state index is 5.98. The predicted molar refractivity (Wildman–Crippen MR) is 116 cm³/mol. The monoisotopic (exact) mass is 377 g/mol. The Morgan fingerprint density at radius 3 is 1.78 bits per heavy atom. The van der Waals surface area contributed by atoms with Gasteiger partial charge in [0.15, 0.2) is 0 Å². The SMILES string of the molecule is CCCOc1cc(C#C[Si](C)(C)C)c(OCCC)cc1C#C[C]1[CH][CH][CH][CH]1. The van der Waals surface area contributed by atoms with Gasteiger partial charge in [0.2, 0.25) is 0 Å². The van der Waals surface area contributed by atoms with E-state index in [2.05, 4.69) is 56.8 Å². The van der Waals surface area contributed by atoms with E-state index in [4.69, 9.17) is 9.47 Å². The van der Waals surface area contributed by atoms with Gasteiger partial charge in [-0.15, -0.1) is 5.54 Å². The van der Waals surface area contributed by atoms with Crippen LogP contribution in [0.15, 0.2) is 12.1 Å². The molecule has 1 aliphatic rings. The van der Waals surface area contributed by atoms with Crippen molar-refractivity contribution in [2.24, 2.45) is 0 Å². The lowest BCUT2D eigenvalue weighted by molar-refractivity contribution is 0.307. The Kier molecular flexibility index (Phi) is 8.33. The first-order chi connectivity index (χ1) is 12.9. The molecule has 1 aromatic rings. The van der Waals surface area contributed by atoms with Crippen LogP contribution >= 0.6 is 0 Å². The fraction of sp³-hybridized carbons (Fsp3) is 0.375. The molecule has 0 bridgehead atoms. The van der Waals surface area contributed by atoms with E-state index in [1.165, 1.54) is 0 Å². The molecule has 0 amide bonds. The Hall–Kier alpha value is -1.84. The maximum absolute atomic E-state index is 5.98.